The van der Waals surface area contributed by atoms with E-state index in [-0.39, 0.29) is 6.10 Å². The molecule has 1 aliphatic heterocycles. The first-order valence-electron chi connectivity index (χ1n) is 5.44. The molecule has 1 saturated heterocycles. The molecule has 0 amide bonds. The largest absolute Gasteiger partial charge is 0.417 e. The fourth-order valence-electron chi connectivity index (χ4n) is 1.69. The zero-order valence-corrected chi connectivity index (χ0v) is 9.13. The molecule has 0 saturated carbocycles. The normalized spacial score (nSPS) is 20.5. The number of anilines is 1. The van der Waals surface area contributed by atoms with E-state index in [1.165, 1.54) is 6.07 Å². The van der Waals surface area contributed by atoms with Crippen LogP contribution in [0.1, 0.15) is 18.4 Å². The minimum Gasteiger partial charge on any atom is -0.376 e. The number of rotatable bonds is 3. The van der Waals surface area contributed by atoms with Crippen LogP contribution in [0, 0.1) is 0 Å². The molecule has 1 aromatic rings. The van der Waals surface area contributed by atoms with E-state index in [1.54, 1.807) is 0 Å². The summed E-state index contributed by atoms with van der Waals surface area (Å²) in [6, 6.07) is 2.35. The standard InChI is InChI=1S/C11H13F3N2O/c12-11(13,14)8-3-4-10(15-6-8)16-7-9-2-1-5-17-9/h3-4,6,9H,1-2,5,7H2,(H,15,16)/t9-/m1/s1. The second kappa shape index (κ2) is 4.91. The fourth-order valence-corrected chi connectivity index (χ4v) is 1.69. The summed E-state index contributed by atoms with van der Waals surface area (Å²) in [6.07, 6.45) is -1.35. The lowest BCUT2D eigenvalue weighted by molar-refractivity contribution is -0.137. The van der Waals surface area contributed by atoms with Crippen molar-refractivity contribution in [2.75, 3.05) is 18.5 Å². The second-order valence-electron chi connectivity index (χ2n) is 3.95. The fraction of sp³-hybridized carbons (Fsp3) is 0.545. The van der Waals surface area contributed by atoms with Gasteiger partial charge in [0.2, 0.25) is 0 Å². The lowest BCUT2D eigenvalue weighted by Gasteiger charge is -2.12. The first kappa shape index (κ1) is 12.2. The van der Waals surface area contributed by atoms with Gasteiger partial charge in [0.05, 0.1) is 11.7 Å². The monoisotopic (exact) mass is 246 g/mol. The lowest BCUT2D eigenvalue weighted by atomic mass is 10.2. The summed E-state index contributed by atoms with van der Waals surface area (Å²) in [5.74, 6) is 0.438. The molecule has 1 aliphatic rings. The first-order valence-corrected chi connectivity index (χ1v) is 5.44. The van der Waals surface area contributed by atoms with E-state index in [9.17, 15) is 13.2 Å². The van der Waals surface area contributed by atoms with Crippen molar-refractivity contribution in [3.8, 4) is 0 Å². The van der Waals surface area contributed by atoms with E-state index in [1.807, 2.05) is 0 Å². The maximum absolute atomic E-state index is 12.3. The third kappa shape index (κ3) is 3.33. The van der Waals surface area contributed by atoms with Crippen molar-refractivity contribution >= 4 is 5.82 Å². The van der Waals surface area contributed by atoms with Gasteiger partial charge in [-0.1, -0.05) is 0 Å². The molecule has 0 aromatic carbocycles. The summed E-state index contributed by atoms with van der Waals surface area (Å²) < 4.78 is 42.2. The number of nitrogens with one attached hydrogen (secondary N) is 1. The molecule has 0 bridgehead atoms. The third-order valence-electron chi connectivity index (χ3n) is 2.63. The topological polar surface area (TPSA) is 34.1 Å². The Morgan fingerprint density at radius 2 is 2.24 bits per heavy atom. The Kier molecular flexibility index (Phi) is 3.51. The molecule has 1 N–H and O–H groups in total. The van der Waals surface area contributed by atoms with Crippen molar-refractivity contribution in [2.45, 2.75) is 25.1 Å². The van der Waals surface area contributed by atoms with E-state index in [0.717, 1.165) is 31.7 Å². The molecular weight excluding hydrogens is 233 g/mol. The third-order valence-corrected chi connectivity index (χ3v) is 2.63. The Hall–Kier alpha value is -1.30. The number of hydrogen-bond donors (Lipinski definition) is 1. The summed E-state index contributed by atoms with van der Waals surface area (Å²) in [7, 11) is 0. The highest BCUT2D eigenvalue weighted by molar-refractivity contribution is 5.36. The van der Waals surface area contributed by atoms with Gasteiger partial charge in [-0.3, -0.25) is 0 Å². The highest BCUT2D eigenvalue weighted by Crippen LogP contribution is 2.28. The summed E-state index contributed by atoms with van der Waals surface area (Å²) in [5, 5.41) is 2.96. The number of alkyl halides is 3. The maximum Gasteiger partial charge on any atom is 0.417 e. The predicted octanol–water partition coefficient (Wildman–Crippen LogP) is 2.69. The van der Waals surface area contributed by atoms with Gasteiger partial charge in [-0.15, -0.1) is 0 Å². The van der Waals surface area contributed by atoms with E-state index in [2.05, 4.69) is 10.3 Å². The summed E-state index contributed by atoms with van der Waals surface area (Å²) >= 11 is 0. The maximum atomic E-state index is 12.3. The van der Waals surface area contributed by atoms with Crippen LogP contribution in [0.25, 0.3) is 0 Å². The molecule has 2 heterocycles. The van der Waals surface area contributed by atoms with Crippen LogP contribution in [0.4, 0.5) is 19.0 Å². The molecule has 0 aliphatic carbocycles. The number of pyridine rings is 1. The Labute approximate surface area is 97.0 Å². The average Bonchev–Trinajstić information content (AvgIpc) is 2.78. The minimum absolute atomic E-state index is 0.138. The van der Waals surface area contributed by atoms with Crippen LogP contribution in [0.5, 0.6) is 0 Å². The van der Waals surface area contributed by atoms with Crippen molar-refractivity contribution in [3.05, 3.63) is 23.9 Å². The van der Waals surface area contributed by atoms with Crippen LogP contribution >= 0.6 is 0 Å². The molecule has 0 radical (unpaired) electrons. The first-order chi connectivity index (χ1) is 8.05. The predicted molar refractivity (Wildman–Crippen MR) is 56.7 cm³/mol. The molecule has 17 heavy (non-hydrogen) atoms. The molecular formula is C11H13F3N2O. The summed E-state index contributed by atoms with van der Waals surface area (Å²) in [6.45, 7) is 1.34. The van der Waals surface area contributed by atoms with Gasteiger partial charge >= 0.3 is 6.18 Å². The number of halogens is 3. The Balaban J connectivity index is 1.89. The van der Waals surface area contributed by atoms with E-state index in [4.69, 9.17) is 4.74 Å². The lowest BCUT2D eigenvalue weighted by Crippen LogP contribution is -2.19. The van der Waals surface area contributed by atoms with Crippen LogP contribution < -0.4 is 5.32 Å². The molecule has 0 unspecified atom stereocenters. The van der Waals surface area contributed by atoms with Gasteiger partial charge in [-0.05, 0) is 25.0 Å². The van der Waals surface area contributed by atoms with E-state index >= 15 is 0 Å². The van der Waals surface area contributed by atoms with Crippen molar-refractivity contribution in [1.82, 2.24) is 4.98 Å². The van der Waals surface area contributed by atoms with Crippen LogP contribution in [0.15, 0.2) is 18.3 Å². The number of ether oxygens (including phenoxy) is 1. The smallest absolute Gasteiger partial charge is 0.376 e. The highest BCUT2D eigenvalue weighted by Gasteiger charge is 2.30. The summed E-state index contributed by atoms with van der Waals surface area (Å²) in [4.78, 5) is 3.72. The molecule has 94 valence electrons. The van der Waals surface area contributed by atoms with Gasteiger partial charge in [-0.2, -0.15) is 13.2 Å². The second-order valence-corrected chi connectivity index (χ2v) is 3.95. The number of hydrogen-bond acceptors (Lipinski definition) is 3. The van der Waals surface area contributed by atoms with Gasteiger partial charge in [0.25, 0.3) is 0 Å². The van der Waals surface area contributed by atoms with Gasteiger partial charge in [0.15, 0.2) is 0 Å². The number of aromatic nitrogens is 1. The van der Waals surface area contributed by atoms with Gasteiger partial charge in [0, 0.05) is 19.3 Å². The molecule has 2 rings (SSSR count). The molecule has 1 atom stereocenters. The van der Waals surface area contributed by atoms with Crippen LogP contribution in [-0.2, 0) is 10.9 Å². The molecule has 0 spiro atoms. The Morgan fingerprint density at radius 1 is 1.41 bits per heavy atom. The SMILES string of the molecule is FC(F)(F)c1ccc(NC[C@H]2CCCO2)nc1. The van der Waals surface area contributed by atoms with Gasteiger partial charge < -0.3 is 10.1 Å². The van der Waals surface area contributed by atoms with Crippen molar-refractivity contribution in [3.63, 3.8) is 0 Å². The molecule has 1 fully saturated rings. The summed E-state index contributed by atoms with van der Waals surface area (Å²) in [5.41, 5.74) is -0.736. The van der Waals surface area contributed by atoms with Crippen molar-refractivity contribution < 1.29 is 17.9 Å². The average molecular weight is 246 g/mol. The highest BCUT2D eigenvalue weighted by atomic mass is 19.4. The zero-order valence-electron chi connectivity index (χ0n) is 9.13. The molecule has 1 aromatic heterocycles. The van der Waals surface area contributed by atoms with Crippen molar-refractivity contribution in [2.24, 2.45) is 0 Å². The van der Waals surface area contributed by atoms with E-state index < -0.39 is 11.7 Å². The van der Waals surface area contributed by atoms with Crippen LogP contribution in [0.2, 0.25) is 0 Å². The molecule has 3 nitrogen and oxygen atoms in total. The zero-order chi connectivity index (χ0) is 12.3. The quantitative estimate of drug-likeness (QED) is 0.890. The molecule has 6 heteroatoms. The van der Waals surface area contributed by atoms with Crippen LogP contribution in [-0.4, -0.2) is 24.2 Å². The minimum atomic E-state index is -4.33. The van der Waals surface area contributed by atoms with Gasteiger partial charge in [-0.25, -0.2) is 4.98 Å². The van der Waals surface area contributed by atoms with Gasteiger partial charge in [0.1, 0.15) is 5.82 Å². The Bertz CT molecular complexity index is 358. The van der Waals surface area contributed by atoms with E-state index in [0.29, 0.717) is 12.4 Å². The Morgan fingerprint density at radius 3 is 2.76 bits per heavy atom. The van der Waals surface area contributed by atoms with Crippen molar-refractivity contribution in [1.29, 1.82) is 0 Å². The number of nitrogens with zero attached hydrogens (tertiary/aromatic N) is 1. The van der Waals surface area contributed by atoms with Crippen LogP contribution in [0.3, 0.4) is 0 Å².